The predicted octanol–water partition coefficient (Wildman–Crippen LogP) is 1.66. The van der Waals surface area contributed by atoms with Crippen molar-refractivity contribution in [2.45, 2.75) is 17.1 Å². The van der Waals surface area contributed by atoms with Crippen LogP contribution in [0.25, 0.3) is 0 Å². The summed E-state index contributed by atoms with van der Waals surface area (Å²) < 4.78 is 27.3. The van der Waals surface area contributed by atoms with Crippen molar-refractivity contribution in [1.82, 2.24) is 14.5 Å². The highest BCUT2D eigenvalue weighted by Gasteiger charge is 2.33. The molecule has 0 aromatic carbocycles. The van der Waals surface area contributed by atoms with Crippen molar-refractivity contribution in [1.29, 1.82) is 0 Å². The molecule has 24 heavy (non-hydrogen) atoms. The van der Waals surface area contributed by atoms with Gasteiger partial charge >= 0.3 is 0 Å². The van der Waals surface area contributed by atoms with Gasteiger partial charge in [0.1, 0.15) is 4.21 Å². The third-order valence-electron chi connectivity index (χ3n) is 4.34. The van der Waals surface area contributed by atoms with Crippen molar-refractivity contribution in [3.8, 4) is 0 Å². The van der Waals surface area contributed by atoms with Crippen LogP contribution in [0, 0.1) is 5.92 Å². The average molecular weight is 414 g/mol. The Morgan fingerprint density at radius 1 is 1.25 bits per heavy atom. The van der Waals surface area contributed by atoms with E-state index in [0.717, 1.165) is 37.3 Å². The molecule has 2 aliphatic rings. The second-order valence-electron chi connectivity index (χ2n) is 5.83. The van der Waals surface area contributed by atoms with Crippen LogP contribution in [0.15, 0.2) is 16.3 Å². The maximum atomic E-state index is 12.5. The molecule has 0 aliphatic carbocycles. The summed E-state index contributed by atoms with van der Waals surface area (Å²) >= 11 is 6.90. The summed E-state index contributed by atoms with van der Waals surface area (Å²) in [5, 5.41) is 3.25. The standard InChI is InChI=1S/C14H20ClN3O3S2.ClH/c15-12-3-4-13(22-12)23(20,21)18-8-6-17(7-9-18)14(19)11-2-1-5-16-10-11;/h3-4,11,16H,1-2,5-10H2;1H. The number of hydrogen-bond acceptors (Lipinski definition) is 5. The van der Waals surface area contributed by atoms with Crippen molar-refractivity contribution < 1.29 is 13.2 Å². The van der Waals surface area contributed by atoms with E-state index >= 15 is 0 Å². The van der Waals surface area contributed by atoms with Gasteiger partial charge < -0.3 is 10.2 Å². The van der Waals surface area contributed by atoms with Gasteiger partial charge in [-0.25, -0.2) is 8.42 Å². The number of sulfonamides is 1. The van der Waals surface area contributed by atoms with Crippen LogP contribution < -0.4 is 5.32 Å². The van der Waals surface area contributed by atoms with Crippen LogP contribution in [-0.4, -0.2) is 62.8 Å². The monoisotopic (exact) mass is 413 g/mol. The van der Waals surface area contributed by atoms with Crippen molar-refractivity contribution in [2.24, 2.45) is 5.92 Å². The van der Waals surface area contributed by atoms with E-state index in [2.05, 4.69) is 5.32 Å². The quantitative estimate of drug-likeness (QED) is 0.817. The number of thiophene rings is 1. The first-order valence-corrected chi connectivity index (χ1v) is 10.4. The van der Waals surface area contributed by atoms with E-state index in [0.29, 0.717) is 30.5 Å². The SMILES string of the molecule is Cl.O=C(C1CCCNC1)N1CCN(S(=O)(=O)c2ccc(Cl)s2)CC1. The predicted molar refractivity (Wildman–Crippen MR) is 97.5 cm³/mol. The smallest absolute Gasteiger partial charge is 0.252 e. The van der Waals surface area contributed by atoms with E-state index in [-0.39, 0.29) is 28.4 Å². The fourth-order valence-electron chi connectivity index (χ4n) is 3.03. The zero-order chi connectivity index (χ0) is 16.4. The topological polar surface area (TPSA) is 69.7 Å². The molecule has 3 heterocycles. The summed E-state index contributed by atoms with van der Waals surface area (Å²) in [5.74, 6) is 0.177. The van der Waals surface area contributed by atoms with Gasteiger partial charge in [-0.1, -0.05) is 11.6 Å². The molecule has 2 fully saturated rings. The first kappa shape index (κ1) is 19.9. The molecule has 3 rings (SSSR count). The number of nitrogens with zero attached hydrogens (tertiary/aromatic N) is 2. The average Bonchev–Trinajstić information content (AvgIpc) is 3.02. The van der Waals surface area contributed by atoms with E-state index in [4.69, 9.17) is 11.6 Å². The van der Waals surface area contributed by atoms with E-state index in [1.807, 2.05) is 0 Å². The summed E-state index contributed by atoms with van der Waals surface area (Å²) in [7, 11) is -3.50. The molecule has 10 heteroatoms. The second-order valence-corrected chi connectivity index (χ2v) is 9.71. The van der Waals surface area contributed by atoms with E-state index in [1.165, 1.54) is 10.4 Å². The van der Waals surface area contributed by atoms with Gasteiger partial charge in [-0.05, 0) is 31.5 Å². The summed E-state index contributed by atoms with van der Waals surface area (Å²) in [6, 6.07) is 3.13. The Bertz CT molecular complexity index is 667. The lowest BCUT2D eigenvalue weighted by Crippen LogP contribution is -2.53. The molecular weight excluding hydrogens is 393 g/mol. The van der Waals surface area contributed by atoms with Gasteiger partial charge in [0, 0.05) is 32.7 Å². The highest BCUT2D eigenvalue weighted by molar-refractivity contribution is 7.91. The Hall–Kier alpha value is -0.380. The molecular formula is C14H21Cl2N3O3S2. The van der Waals surface area contributed by atoms with Crippen LogP contribution >= 0.6 is 35.3 Å². The fraction of sp³-hybridized carbons (Fsp3) is 0.643. The van der Waals surface area contributed by atoms with Gasteiger partial charge in [-0.2, -0.15) is 4.31 Å². The van der Waals surface area contributed by atoms with Crippen LogP contribution in [0.1, 0.15) is 12.8 Å². The zero-order valence-electron chi connectivity index (χ0n) is 13.1. The summed E-state index contributed by atoms with van der Waals surface area (Å²) in [6.07, 6.45) is 1.93. The molecule has 1 unspecified atom stereocenters. The van der Waals surface area contributed by atoms with E-state index in [1.54, 1.807) is 11.0 Å². The second kappa shape index (κ2) is 8.33. The number of piperidine rings is 1. The minimum atomic E-state index is -3.50. The van der Waals surface area contributed by atoms with Gasteiger partial charge in [0.2, 0.25) is 5.91 Å². The van der Waals surface area contributed by atoms with Gasteiger partial charge in [0.25, 0.3) is 10.0 Å². The molecule has 1 N–H and O–H groups in total. The Morgan fingerprint density at radius 3 is 2.50 bits per heavy atom. The highest BCUT2D eigenvalue weighted by Crippen LogP contribution is 2.28. The number of nitrogens with one attached hydrogen (secondary N) is 1. The third-order valence-corrected chi connectivity index (χ3v) is 7.94. The Labute approximate surface area is 157 Å². The number of hydrogen-bond donors (Lipinski definition) is 1. The maximum Gasteiger partial charge on any atom is 0.252 e. The van der Waals surface area contributed by atoms with Crippen molar-refractivity contribution in [3.05, 3.63) is 16.5 Å². The molecule has 136 valence electrons. The summed E-state index contributed by atoms with van der Waals surface area (Å²) in [5.41, 5.74) is 0. The zero-order valence-corrected chi connectivity index (χ0v) is 16.3. The minimum absolute atomic E-state index is 0. The van der Waals surface area contributed by atoms with E-state index < -0.39 is 10.0 Å². The molecule has 1 aromatic rings. The Kier molecular flexibility index (Phi) is 6.92. The van der Waals surface area contributed by atoms with Crippen LogP contribution in [0.4, 0.5) is 0 Å². The van der Waals surface area contributed by atoms with Gasteiger partial charge in [-0.3, -0.25) is 4.79 Å². The minimum Gasteiger partial charge on any atom is -0.340 e. The van der Waals surface area contributed by atoms with Crippen molar-refractivity contribution >= 4 is 51.3 Å². The lowest BCUT2D eigenvalue weighted by molar-refractivity contribution is -0.137. The largest absolute Gasteiger partial charge is 0.340 e. The molecule has 1 aromatic heterocycles. The number of piperazine rings is 1. The van der Waals surface area contributed by atoms with Crippen LogP contribution in [0.5, 0.6) is 0 Å². The molecule has 1 amide bonds. The fourth-order valence-corrected chi connectivity index (χ4v) is 6.09. The van der Waals surface area contributed by atoms with Crippen molar-refractivity contribution in [3.63, 3.8) is 0 Å². The number of rotatable bonds is 3. The van der Waals surface area contributed by atoms with Crippen LogP contribution in [-0.2, 0) is 14.8 Å². The number of carbonyl (C=O) groups is 1. The number of halogens is 2. The van der Waals surface area contributed by atoms with Gasteiger partial charge in [-0.15, -0.1) is 23.7 Å². The Balaban J connectivity index is 0.00000208. The number of carbonyl (C=O) groups excluding carboxylic acids is 1. The van der Waals surface area contributed by atoms with Crippen molar-refractivity contribution in [2.75, 3.05) is 39.3 Å². The summed E-state index contributed by atoms with van der Waals surface area (Å²) in [4.78, 5) is 14.3. The molecule has 6 nitrogen and oxygen atoms in total. The molecule has 0 spiro atoms. The number of amides is 1. The van der Waals surface area contributed by atoms with Crippen LogP contribution in [0.2, 0.25) is 4.34 Å². The Morgan fingerprint density at radius 2 is 1.96 bits per heavy atom. The molecule has 2 aliphatic heterocycles. The summed E-state index contributed by atoms with van der Waals surface area (Å²) in [6.45, 7) is 3.28. The van der Waals surface area contributed by atoms with Crippen LogP contribution in [0.3, 0.4) is 0 Å². The normalized spacial score (nSPS) is 22.9. The lowest BCUT2D eigenvalue weighted by Gasteiger charge is -2.36. The molecule has 2 saturated heterocycles. The first-order chi connectivity index (χ1) is 11.0. The van der Waals surface area contributed by atoms with Gasteiger partial charge in [0.15, 0.2) is 0 Å². The van der Waals surface area contributed by atoms with Gasteiger partial charge in [0.05, 0.1) is 10.3 Å². The first-order valence-electron chi connectivity index (χ1n) is 7.73. The van der Waals surface area contributed by atoms with E-state index in [9.17, 15) is 13.2 Å². The molecule has 0 bridgehead atoms. The molecule has 1 atom stereocenters. The molecule has 0 radical (unpaired) electrons. The maximum absolute atomic E-state index is 12.5. The molecule has 0 saturated carbocycles. The highest BCUT2D eigenvalue weighted by atomic mass is 35.5. The third kappa shape index (κ3) is 4.23. The lowest BCUT2D eigenvalue weighted by atomic mass is 9.98.